The van der Waals surface area contributed by atoms with Crippen LogP contribution in [-0.4, -0.2) is 26.1 Å². The number of aromatic amines is 1. The highest BCUT2D eigenvalue weighted by molar-refractivity contribution is 7.17. The largest absolute Gasteiger partial charge is 0.321 e. The van der Waals surface area contributed by atoms with Crippen LogP contribution in [0.15, 0.2) is 24.5 Å². The first-order valence-corrected chi connectivity index (χ1v) is 8.28. The molecule has 0 fully saturated rings. The standard InChI is InChI=1S/C16H15N5OS/c1-9-13(23-16(19-9)14-17-8-18-21-14)15(22)20-12-6-5-10-3-2-4-11(10)7-12/h5-8H,2-4H2,1H3,(H,20,22)(H,17,18,21). The van der Waals surface area contributed by atoms with Gasteiger partial charge in [-0.3, -0.25) is 9.89 Å². The third-order valence-corrected chi connectivity index (χ3v) is 5.14. The number of thiazole rings is 1. The summed E-state index contributed by atoms with van der Waals surface area (Å²) in [6.07, 6.45) is 4.85. The fourth-order valence-corrected chi connectivity index (χ4v) is 3.76. The summed E-state index contributed by atoms with van der Waals surface area (Å²) in [5.74, 6) is 0.443. The maximum Gasteiger partial charge on any atom is 0.267 e. The number of fused-ring (bicyclic) bond motifs is 1. The first-order valence-electron chi connectivity index (χ1n) is 7.47. The first-order chi connectivity index (χ1) is 11.2. The van der Waals surface area contributed by atoms with Crippen molar-refractivity contribution < 1.29 is 4.79 Å². The maximum atomic E-state index is 12.5. The van der Waals surface area contributed by atoms with E-state index in [1.54, 1.807) is 0 Å². The molecule has 3 aromatic rings. The van der Waals surface area contributed by atoms with Gasteiger partial charge in [-0.25, -0.2) is 9.97 Å². The highest BCUT2D eigenvalue weighted by Crippen LogP contribution is 2.28. The lowest BCUT2D eigenvalue weighted by atomic mass is 10.1. The normalized spacial score (nSPS) is 13.1. The Bertz CT molecular complexity index is 869. The summed E-state index contributed by atoms with van der Waals surface area (Å²) in [7, 11) is 0. The predicted molar refractivity (Wildman–Crippen MR) is 88.6 cm³/mol. The molecule has 0 spiro atoms. The zero-order chi connectivity index (χ0) is 15.8. The van der Waals surface area contributed by atoms with Crippen molar-refractivity contribution in [2.75, 3.05) is 5.32 Å². The van der Waals surface area contributed by atoms with Crippen molar-refractivity contribution in [3.8, 4) is 10.8 Å². The smallest absolute Gasteiger partial charge is 0.267 e. The molecule has 0 radical (unpaired) electrons. The number of hydrogen-bond donors (Lipinski definition) is 2. The van der Waals surface area contributed by atoms with Gasteiger partial charge in [-0.15, -0.1) is 11.3 Å². The number of H-pyrrole nitrogens is 1. The van der Waals surface area contributed by atoms with Crippen LogP contribution in [0.1, 0.15) is 32.9 Å². The van der Waals surface area contributed by atoms with Crippen LogP contribution in [0.4, 0.5) is 5.69 Å². The molecule has 0 saturated carbocycles. The zero-order valence-corrected chi connectivity index (χ0v) is 13.4. The monoisotopic (exact) mass is 325 g/mol. The van der Waals surface area contributed by atoms with Crippen molar-refractivity contribution in [3.05, 3.63) is 46.2 Å². The summed E-state index contributed by atoms with van der Waals surface area (Å²) in [5.41, 5.74) is 4.26. The Hall–Kier alpha value is -2.54. The summed E-state index contributed by atoms with van der Waals surface area (Å²) >= 11 is 1.31. The van der Waals surface area contributed by atoms with Gasteiger partial charge in [0.15, 0.2) is 10.8 Å². The Morgan fingerprint density at radius 3 is 3.00 bits per heavy atom. The fraction of sp³-hybridized carbons (Fsp3) is 0.250. The summed E-state index contributed by atoms with van der Waals surface area (Å²) in [4.78, 5) is 21.6. The number of aryl methyl sites for hydroxylation is 3. The molecule has 116 valence electrons. The summed E-state index contributed by atoms with van der Waals surface area (Å²) in [6, 6.07) is 6.15. The van der Waals surface area contributed by atoms with Crippen LogP contribution in [0.5, 0.6) is 0 Å². The molecule has 0 bridgehead atoms. The second-order valence-electron chi connectivity index (χ2n) is 5.56. The highest BCUT2D eigenvalue weighted by Gasteiger charge is 2.18. The molecule has 0 atom stereocenters. The molecule has 0 aliphatic heterocycles. The second-order valence-corrected chi connectivity index (χ2v) is 6.56. The van der Waals surface area contributed by atoms with Crippen molar-refractivity contribution >= 4 is 22.9 Å². The molecule has 1 amide bonds. The summed E-state index contributed by atoms with van der Waals surface area (Å²) < 4.78 is 0. The zero-order valence-electron chi connectivity index (χ0n) is 12.6. The van der Waals surface area contributed by atoms with E-state index in [-0.39, 0.29) is 5.91 Å². The van der Waals surface area contributed by atoms with Crippen LogP contribution in [0, 0.1) is 6.92 Å². The van der Waals surface area contributed by atoms with Gasteiger partial charge in [0.05, 0.1) is 5.69 Å². The molecule has 0 unspecified atom stereocenters. The average Bonchev–Trinajstić information content (AvgIpc) is 3.26. The van der Waals surface area contributed by atoms with Gasteiger partial charge in [0.25, 0.3) is 5.91 Å². The number of carbonyl (C=O) groups excluding carboxylic acids is 1. The lowest BCUT2D eigenvalue weighted by Gasteiger charge is -2.06. The average molecular weight is 325 g/mol. The van der Waals surface area contributed by atoms with E-state index in [4.69, 9.17) is 0 Å². The van der Waals surface area contributed by atoms with E-state index < -0.39 is 0 Å². The van der Waals surface area contributed by atoms with Crippen LogP contribution in [0.3, 0.4) is 0 Å². The molecular formula is C16H15N5OS. The number of aromatic nitrogens is 4. The quantitative estimate of drug-likeness (QED) is 0.775. The van der Waals surface area contributed by atoms with Gasteiger partial charge in [0.2, 0.25) is 0 Å². The van der Waals surface area contributed by atoms with Gasteiger partial charge < -0.3 is 5.32 Å². The Labute approximate surface area is 137 Å². The van der Waals surface area contributed by atoms with E-state index in [0.717, 1.165) is 18.5 Å². The molecule has 2 heterocycles. The van der Waals surface area contributed by atoms with E-state index in [1.165, 1.54) is 35.2 Å². The van der Waals surface area contributed by atoms with Gasteiger partial charge in [0, 0.05) is 5.69 Å². The van der Waals surface area contributed by atoms with Gasteiger partial charge in [-0.1, -0.05) is 6.07 Å². The molecule has 2 aromatic heterocycles. The summed E-state index contributed by atoms with van der Waals surface area (Å²) in [5, 5.41) is 10.2. The minimum atomic E-state index is -0.135. The van der Waals surface area contributed by atoms with Gasteiger partial charge in [0.1, 0.15) is 11.2 Å². The predicted octanol–water partition coefficient (Wildman–Crippen LogP) is 2.98. The molecule has 2 N–H and O–H groups in total. The lowest BCUT2D eigenvalue weighted by Crippen LogP contribution is -2.11. The van der Waals surface area contributed by atoms with Crippen molar-refractivity contribution in [1.82, 2.24) is 20.2 Å². The van der Waals surface area contributed by atoms with Crippen LogP contribution in [0.25, 0.3) is 10.8 Å². The van der Waals surface area contributed by atoms with Crippen molar-refractivity contribution in [2.24, 2.45) is 0 Å². The van der Waals surface area contributed by atoms with Gasteiger partial charge in [-0.2, -0.15) is 5.10 Å². The molecule has 23 heavy (non-hydrogen) atoms. The lowest BCUT2D eigenvalue weighted by molar-refractivity contribution is 0.103. The van der Waals surface area contributed by atoms with Crippen LogP contribution >= 0.6 is 11.3 Å². The Morgan fingerprint density at radius 2 is 2.17 bits per heavy atom. The second kappa shape index (κ2) is 5.58. The fourth-order valence-electron chi connectivity index (χ4n) is 2.85. The van der Waals surface area contributed by atoms with Crippen molar-refractivity contribution in [2.45, 2.75) is 26.2 Å². The number of carbonyl (C=O) groups is 1. The van der Waals surface area contributed by atoms with E-state index in [9.17, 15) is 4.79 Å². The van der Waals surface area contributed by atoms with Gasteiger partial charge >= 0.3 is 0 Å². The molecule has 4 rings (SSSR count). The van der Waals surface area contributed by atoms with Crippen LogP contribution in [-0.2, 0) is 12.8 Å². The van der Waals surface area contributed by atoms with Crippen molar-refractivity contribution in [3.63, 3.8) is 0 Å². The number of hydrogen-bond acceptors (Lipinski definition) is 5. The van der Waals surface area contributed by atoms with E-state index in [2.05, 4.69) is 37.6 Å². The SMILES string of the molecule is Cc1nc(-c2ncn[nH]2)sc1C(=O)Nc1ccc2c(c1)CCC2. The first kappa shape index (κ1) is 14.1. The number of rotatable bonds is 3. The van der Waals surface area contributed by atoms with Crippen LogP contribution < -0.4 is 5.32 Å². The van der Waals surface area contributed by atoms with Crippen LogP contribution in [0.2, 0.25) is 0 Å². The molecule has 0 saturated heterocycles. The molecule has 1 aromatic carbocycles. The summed E-state index contributed by atoms with van der Waals surface area (Å²) in [6.45, 7) is 1.83. The minimum Gasteiger partial charge on any atom is -0.321 e. The molecule has 1 aliphatic carbocycles. The molecular weight excluding hydrogens is 310 g/mol. The Balaban J connectivity index is 1.57. The number of nitrogens with zero attached hydrogens (tertiary/aromatic N) is 3. The highest BCUT2D eigenvalue weighted by atomic mass is 32.1. The topological polar surface area (TPSA) is 83.6 Å². The number of anilines is 1. The Morgan fingerprint density at radius 1 is 1.30 bits per heavy atom. The molecule has 6 nitrogen and oxygen atoms in total. The van der Waals surface area contributed by atoms with E-state index >= 15 is 0 Å². The molecule has 7 heteroatoms. The molecule has 1 aliphatic rings. The number of amides is 1. The maximum absolute atomic E-state index is 12.5. The van der Waals surface area contributed by atoms with E-state index in [1.807, 2.05) is 13.0 Å². The number of benzene rings is 1. The van der Waals surface area contributed by atoms with E-state index in [0.29, 0.717) is 21.4 Å². The van der Waals surface area contributed by atoms with Crippen molar-refractivity contribution in [1.29, 1.82) is 0 Å². The number of nitrogens with one attached hydrogen (secondary N) is 2. The van der Waals surface area contributed by atoms with Gasteiger partial charge in [-0.05, 0) is 49.4 Å². The minimum absolute atomic E-state index is 0.135. The Kier molecular flexibility index (Phi) is 3.42. The third-order valence-electron chi connectivity index (χ3n) is 3.98. The third kappa shape index (κ3) is 2.63.